The molecule has 1 amide bonds. The molecule has 3 aromatic rings. The Hall–Kier alpha value is -2.71. The van der Waals surface area contributed by atoms with Crippen molar-refractivity contribution in [3.8, 4) is 5.82 Å². The summed E-state index contributed by atoms with van der Waals surface area (Å²) in [7, 11) is 0. The molecule has 0 aromatic carbocycles. The molecule has 1 unspecified atom stereocenters. The molecular weight excluding hydrogens is 366 g/mol. The zero-order chi connectivity index (χ0) is 17.8. The second-order valence-corrected chi connectivity index (χ2v) is 6.36. The molecule has 9 heteroatoms. The summed E-state index contributed by atoms with van der Waals surface area (Å²) in [5.74, 6) is 0.594. The Labute approximate surface area is 163 Å². The molecule has 4 rings (SSSR count). The molecule has 1 aliphatic heterocycles. The number of amides is 1. The van der Waals surface area contributed by atoms with Gasteiger partial charge in [0.2, 0.25) is 0 Å². The lowest BCUT2D eigenvalue weighted by molar-refractivity contribution is 0.0944. The van der Waals surface area contributed by atoms with E-state index in [1.165, 1.54) is 0 Å². The van der Waals surface area contributed by atoms with Crippen LogP contribution in [0.1, 0.15) is 34.9 Å². The predicted molar refractivity (Wildman–Crippen MR) is 103 cm³/mol. The number of piperidine rings is 1. The molecule has 4 heterocycles. The van der Waals surface area contributed by atoms with E-state index in [0.29, 0.717) is 18.3 Å². The molecule has 142 valence electrons. The molecule has 1 aliphatic rings. The van der Waals surface area contributed by atoms with E-state index in [1.807, 2.05) is 33.8 Å². The molecule has 0 saturated carbocycles. The van der Waals surface area contributed by atoms with Gasteiger partial charge in [0, 0.05) is 37.9 Å². The van der Waals surface area contributed by atoms with Crippen molar-refractivity contribution < 1.29 is 4.79 Å². The van der Waals surface area contributed by atoms with E-state index < -0.39 is 0 Å². The number of nitrogens with zero attached hydrogens (tertiary/aromatic N) is 5. The van der Waals surface area contributed by atoms with Crippen molar-refractivity contribution in [1.29, 1.82) is 0 Å². The lowest BCUT2D eigenvalue weighted by Gasteiger charge is -2.22. The Balaban J connectivity index is 0.00000210. The highest BCUT2D eigenvalue weighted by Gasteiger charge is 2.17. The van der Waals surface area contributed by atoms with Crippen LogP contribution in [-0.2, 0) is 6.54 Å². The fourth-order valence-corrected chi connectivity index (χ4v) is 3.10. The standard InChI is InChI=1S/C18H21N7O.ClH/c26-18(16-4-8-25(23-16)15-2-1-5-19-12-15)22-11-14-3-6-21-17(10-14)24-9-7-20-13-24;/h3-4,6-10,13,15,19H,1-2,5,11-12H2,(H,22,26);1H. The number of hydrogen-bond donors (Lipinski definition) is 2. The topological polar surface area (TPSA) is 89.7 Å². The molecule has 27 heavy (non-hydrogen) atoms. The van der Waals surface area contributed by atoms with Crippen molar-refractivity contribution in [2.24, 2.45) is 0 Å². The van der Waals surface area contributed by atoms with Gasteiger partial charge >= 0.3 is 0 Å². The average molecular weight is 388 g/mol. The SMILES string of the molecule is Cl.O=C(NCc1ccnc(-n2ccnc2)c1)c1ccn(C2CCCNC2)n1. The Morgan fingerprint density at radius 2 is 2.22 bits per heavy atom. The van der Waals surface area contributed by atoms with Gasteiger partial charge in [0.25, 0.3) is 5.91 Å². The summed E-state index contributed by atoms with van der Waals surface area (Å²) in [6.45, 7) is 2.37. The Bertz CT molecular complexity index is 871. The minimum Gasteiger partial charge on any atom is -0.347 e. The minimum absolute atomic E-state index is 0. The Kier molecular flexibility index (Phi) is 6.20. The first-order valence-corrected chi connectivity index (χ1v) is 8.77. The molecule has 2 N–H and O–H groups in total. The number of carbonyl (C=O) groups is 1. The summed E-state index contributed by atoms with van der Waals surface area (Å²) in [6, 6.07) is 5.90. The van der Waals surface area contributed by atoms with Gasteiger partial charge < -0.3 is 10.6 Å². The quantitative estimate of drug-likeness (QED) is 0.696. The summed E-state index contributed by atoms with van der Waals surface area (Å²) in [6.07, 6.45) is 11.1. The van der Waals surface area contributed by atoms with Crippen molar-refractivity contribution in [1.82, 2.24) is 34.9 Å². The first-order chi connectivity index (χ1) is 12.8. The molecule has 3 aromatic heterocycles. The van der Waals surface area contributed by atoms with Crippen LogP contribution < -0.4 is 10.6 Å². The van der Waals surface area contributed by atoms with E-state index in [2.05, 4.69) is 25.7 Å². The zero-order valence-corrected chi connectivity index (χ0v) is 15.6. The molecule has 1 atom stereocenters. The third-order valence-electron chi connectivity index (χ3n) is 4.52. The number of hydrogen-bond acceptors (Lipinski definition) is 5. The van der Waals surface area contributed by atoms with Crippen LogP contribution in [0.2, 0.25) is 0 Å². The molecule has 0 spiro atoms. The van der Waals surface area contributed by atoms with Gasteiger partial charge in [-0.15, -0.1) is 12.4 Å². The van der Waals surface area contributed by atoms with Gasteiger partial charge in [0.05, 0.1) is 6.04 Å². The number of aromatic nitrogens is 5. The molecule has 0 bridgehead atoms. The monoisotopic (exact) mass is 387 g/mol. The molecule has 0 aliphatic carbocycles. The highest BCUT2D eigenvalue weighted by molar-refractivity contribution is 5.92. The molecule has 0 radical (unpaired) electrons. The van der Waals surface area contributed by atoms with E-state index in [-0.39, 0.29) is 18.3 Å². The van der Waals surface area contributed by atoms with Crippen molar-refractivity contribution in [2.45, 2.75) is 25.4 Å². The van der Waals surface area contributed by atoms with Crippen molar-refractivity contribution in [2.75, 3.05) is 13.1 Å². The highest BCUT2D eigenvalue weighted by atomic mass is 35.5. The lowest BCUT2D eigenvalue weighted by atomic mass is 10.1. The third-order valence-corrected chi connectivity index (χ3v) is 4.52. The van der Waals surface area contributed by atoms with Gasteiger partial charge in [0.1, 0.15) is 17.8 Å². The predicted octanol–water partition coefficient (Wildman–Crippen LogP) is 1.74. The van der Waals surface area contributed by atoms with Gasteiger partial charge in [-0.3, -0.25) is 14.0 Å². The van der Waals surface area contributed by atoms with Crippen LogP contribution in [0.5, 0.6) is 0 Å². The van der Waals surface area contributed by atoms with Crippen LogP contribution in [0, 0.1) is 0 Å². The smallest absolute Gasteiger partial charge is 0.272 e. The maximum Gasteiger partial charge on any atom is 0.272 e. The maximum atomic E-state index is 12.4. The van der Waals surface area contributed by atoms with E-state index in [0.717, 1.165) is 37.3 Å². The summed E-state index contributed by atoms with van der Waals surface area (Å²) < 4.78 is 3.72. The number of nitrogens with one attached hydrogen (secondary N) is 2. The van der Waals surface area contributed by atoms with Crippen LogP contribution >= 0.6 is 12.4 Å². The molecular formula is C18H22ClN7O. The first kappa shape index (κ1) is 19.1. The summed E-state index contributed by atoms with van der Waals surface area (Å²) in [4.78, 5) is 20.7. The van der Waals surface area contributed by atoms with Crippen LogP contribution in [0.4, 0.5) is 0 Å². The number of carbonyl (C=O) groups excluding carboxylic acids is 1. The van der Waals surface area contributed by atoms with Crippen LogP contribution in [0.15, 0.2) is 49.3 Å². The second-order valence-electron chi connectivity index (χ2n) is 6.36. The minimum atomic E-state index is -0.173. The number of rotatable bonds is 5. The van der Waals surface area contributed by atoms with Gasteiger partial charge in [-0.2, -0.15) is 5.10 Å². The summed E-state index contributed by atoms with van der Waals surface area (Å²) >= 11 is 0. The molecule has 8 nitrogen and oxygen atoms in total. The van der Waals surface area contributed by atoms with E-state index in [9.17, 15) is 4.79 Å². The van der Waals surface area contributed by atoms with Gasteiger partial charge in [-0.25, -0.2) is 9.97 Å². The zero-order valence-electron chi connectivity index (χ0n) is 14.8. The third kappa shape index (κ3) is 4.53. The van der Waals surface area contributed by atoms with E-state index in [1.54, 1.807) is 24.8 Å². The lowest BCUT2D eigenvalue weighted by Crippen LogP contribution is -2.32. The average Bonchev–Trinajstić information content (AvgIpc) is 3.39. The fraction of sp³-hybridized carbons (Fsp3) is 0.333. The Morgan fingerprint density at radius 3 is 3.00 bits per heavy atom. The molecule has 1 fully saturated rings. The fourth-order valence-electron chi connectivity index (χ4n) is 3.10. The largest absolute Gasteiger partial charge is 0.347 e. The van der Waals surface area contributed by atoms with Crippen molar-refractivity contribution >= 4 is 18.3 Å². The maximum absolute atomic E-state index is 12.4. The summed E-state index contributed by atoms with van der Waals surface area (Å²) in [5, 5.41) is 10.7. The van der Waals surface area contributed by atoms with Crippen molar-refractivity contribution in [3.05, 3.63) is 60.6 Å². The van der Waals surface area contributed by atoms with Crippen LogP contribution in [0.3, 0.4) is 0 Å². The highest BCUT2D eigenvalue weighted by Crippen LogP contribution is 2.15. The molecule has 1 saturated heterocycles. The van der Waals surface area contributed by atoms with E-state index >= 15 is 0 Å². The van der Waals surface area contributed by atoms with Crippen molar-refractivity contribution in [3.63, 3.8) is 0 Å². The number of pyridine rings is 1. The van der Waals surface area contributed by atoms with Gasteiger partial charge in [0.15, 0.2) is 0 Å². The Morgan fingerprint density at radius 1 is 1.30 bits per heavy atom. The first-order valence-electron chi connectivity index (χ1n) is 8.77. The summed E-state index contributed by atoms with van der Waals surface area (Å²) in [5.41, 5.74) is 1.41. The number of imidazole rings is 1. The van der Waals surface area contributed by atoms with Crippen LogP contribution in [0.25, 0.3) is 5.82 Å². The second kappa shape index (κ2) is 8.79. The normalized spacial score (nSPS) is 16.5. The number of halogens is 1. The van der Waals surface area contributed by atoms with Gasteiger partial charge in [-0.1, -0.05) is 0 Å². The van der Waals surface area contributed by atoms with E-state index in [4.69, 9.17) is 0 Å². The van der Waals surface area contributed by atoms with Gasteiger partial charge in [-0.05, 0) is 43.1 Å². The van der Waals surface area contributed by atoms with Crippen LogP contribution in [-0.4, -0.2) is 43.3 Å².